The molecule has 0 aliphatic heterocycles. The third-order valence-corrected chi connectivity index (χ3v) is 3.52. The summed E-state index contributed by atoms with van der Waals surface area (Å²) in [5, 5.41) is 20.1. The van der Waals surface area contributed by atoms with Crippen molar-refractivity contribution in [3.05, 3.63) is 71.8 Å². The molecule has 23 heavy (non-hydrogen) atoms. The second-order valence-corrected chi connectivity index (χ2v) is 4.98. The summed E-state index contributed by atoms with van der Waals surface area (Å²) in [4.78, 5) is 0. The number of methoxy groups -OCH3 is 1. The van der Waals surface area contributed by atoms with Crippen LogP contribution in [0.1, 0.15) is 11.1 Å². The van der Waals surface area contributed by atoms with Crippen LogP contribution in [0.4, 0.5) is 0 Å². The average molecular weight is 304 g/mol. The molecule has 0 atom stereocenters. The predicted molar refractivity (Wildman–Crippen MR) is 93.8 cm³/mol. The van der Waals surface area contributed by atoms with Crippen LogP contribution >= 0.6 is 0 Å². The zero-order chi connectivity index (χ0) is 16.1. The Bertz CT molecular complexity index is 868. The van der Waals surface area contributed by atoms with Gasteiger partial charge in [0.2, 0.25) is 0 Å². The lowest BCUT2D eigenvalue weighted by molar-refractivity contribution is 0.415. The van der Waals surface area contributed by atoms with E-state index in [2.05, 4.69) is 10.2 Å². The summed E-state index contributed by atoms with van der Waals surface area (Å²) in [5.41, 5.74) is 1.58. The van der Waals surface area contributed by atoms with Crippen molar-refractivity contribution in [3.8, 4) is 11.5 Å². The van der Waals surface area contributed by atoms with Crippen LogP contribution in [0.3, 0.4) is 0 Å². The van der Waals surface area contributed by atoms with E-state index in [0.29, 0.717) is 5.56 Å². The van der Waals surface area contributed by atoms with Crippen molar-refractivity contribution in [3.63, 3.8) is 0 Å². The zero-order valence-corrected chi connectivity index (χ0v) is 12.7. The molecular weight excluding hydrogens is 288 g/mol. The maximum absolute atomic E-state index is 10.0. The maximum atomic E-state index is 10.0. The van der Waals surface area contributed by atoms with Gasteiger partial charge in [0.15, 0.2) is 0 Å². The van der Waals surface area contributed by atoms with Crippen molar-refractivity contribution in [2.75, 3.05) is 7.11 Å². The molecule has 3 rings (SSSR count). The van der Waals surface area contributed by atoms with Crippen molar-refractivity contribution in [1.82, 2.24) is 0 Å². The molecule has 0 unspecified atom stereocenters. The first kappa shape index (κ1) is 14.8. The molecule has 0 amide bonds. The van der Waals surface area contributed by atoms with Crippen molar-refractivity contribution in [2.45, 2.75) is 0 Å². The Morgan fingerprint density at radius 3 is 2.39 bits per heavy atom. The minimum absolute atomic E-state index is 0.187. The molecule has 0 saturated heterocycles. The van der Waals surface area contributed by atoms with Crippen LogP contribution in [0.5, 0.6) is 11.5 Å². The van der Waals surface area contributed by atoms with Crippen molar-refractivity contribution < 1.29 is 9.84 Å². The largest absolute Gasteiger partial charge is 0.507 e. The molecule has 0 aliphatic carbocycles. The fourth-order valence-electron chi connectivity index (χ4n) is 2.30. The van der Waals surface area contributed by atoms with E-state index >= 15 is 0 Å². The highest BCUT2D eigenvalue weighted by Crippen LogP contribution is 2.25. The Hall–Kier alpha value is -3.14. The summed E-state index contributed by atoms with van der Waals surface area (Å²) < 4.78 is 5.10. The Labute approximate surface area is 134 Å². The van der Waals surface area contributed by atoms with Gasteiger partial charge in [0.05, 0.1) is 19.5 Å². The summed E-state index contributed by atoms with van der Waals surface area (Å²) in [7, 11) is 1.63. The molecule has 0 bridgehead atoms. The van der Waals surface area contributed by atoms with Gasteiger partial charge in [-0.25, -0.2) is 0 Å². The molecule has 4 nitrogen and oxygen atoms in total. The molecule has 3 aromatic rings. The van der Waals surface area contributed by atoms with Gasteiger partial charge in [-0.05, 0) is 46.7 Å². The Kier molecular flexibility index (Phi) is 4.34. The summed E-state index contributed by atoms with van der Waals surface area (Å²) in [6.07, 6.45) is 3.22. The Morgan fingerprint density at radius 2 is 1.61 bits per heavy atom. The molecule has 0 aromatic heterocycles. The quantitative estimate of drug-likeness (QED) is 0.585. The lowest BCUT2D eigenvalue weighted by Gasteiger charge is -2.03. The monoisotopic (exact) mass is 304 g/mol. The number of aromatic hydroxyl groups is 1. The fourth-order valence-corrected chi connectivity index (χ4v) is 2.30. The second-order valence-electron chi connectivity index (χ2n) is 4.98. The Morgan fingerprint density at radius 1 is 0.870 bits per heavy atom. The molecule has 0 fully saturated rings. The van der Waals surface area contributed by atoms with Gasteiger partial charge < -0.3 is 9.84 Å². The number of hydrogen-bond acceptors (Lipinski definition) is 4. The van der Waals surface area contributed by atoms with E-state index in [4.69, 9.17) is 4.74 Å². The molecular formula is C19H16N2O2. The first-order valence-corrected chi connectivity index (χ1v) is 7.19. The van der Waals surface area contributed by atoms with Gasteiger partial charge in [-0.3, -0.25) is 0 Å². The average Bonchev–Trinajstić information content (AvgIpc) is 2.60. The summed E-state index contributed by atoms with van der Waals surface area (Å²) in [5.74, 6) is 0.985. The van der Waals surface area contributed by atoms with Crippen molar-refractivity contribution >= 4 is 23.2 Å². The summed E-state index contributed by atoms with van der Waals surface area (Å²) in [6, 6.07) is 18.9. The smallest absolute Gasteiger partial charge is 0.125 e. The van der Waals surface area contributed by atoms with Gasteiger partial charge in [-0.2, -0.15) is 10.2 Å². The molecule has 0 aliphatic rings. The number of hydrogen-bond donors (Lipinski definition) is 1. The first-order chi connectivity index (χ1) is 11.3. The van der Waals surface area contributed by atoms with E-state index in [1.807, 2.05) is 54.6 Å². The second kappa shape index (κ2) is 6.75. The molecule has 1 N–H and O–H groups in total. The first-order valence-electron chi connectivity index (χ1n) is 7.19. The molecule has 4 heteroatoms. The molecule has 0 saturated carbocycles. The van der Waals surface area contributed by atoms with Crippen LogP contribution in [-0.2, 0) is 0 Å². The number of fused-ring (bicyclic) bond motifs is 1. The van der Waals surface area contributed by atoms with Crippen molar-refractivity contribution in [2.24, 2.45) is 10.2 Å². The van der Waals surface area contributed by atoms with E-state index in [0.717, 1.165) is 22.1 Å². The normalized spacial score (nSPS) is 11.5. The zero-order valence-electron chi connectivity index (χ0n) is 12.7. The van der Waals surface area contributed by atoms with Crippen LogP contribution in [0.25, 0.3) is 10.8 Å². The number of phenolic OH excluding ortho intramolecular Hbond substituents is 1. The Balaban J connectivity index is 1.82. The lowest BCUT2D eigenvalue weighted by Crippen LogP contribution is -1.86. The SMILES string of the molecule is COc1ccc(C=N/N=C/c2c(O)ccc3ccccc23)cc1. The molecule has 0 radical (unpaired) electrons. The van der Waals surface area contributed by atoms with Gasteiger partial charge in [-0.15, -0.1) is 0 Å². The maximum Gasteiger partial charge on any atom is 0.125 e. The highest BCUT2D eigenvalue weighted by atomic mass is 16.5. The van der Waals surface area contributed by atoms with Gasteiger partial charge in [0.25, 0.3) is 0 Å². The molecule has 3 aromatic carbocycles. The minimum atomic E-state index is 0.187. The number of nitrogens with zero attached hydrogens (tertiary/aromatic N) is 2. The molecule has 114 valence electrons. The van der Waals surface area contributed by atoms with Crippen LogP contribution < -0.4 is 4.74 Å². The highest BCUT2D eigenvalue weighted by Gasteiger charge is 2.03. The van der Waals surface area contributed by atoms with E-state index in [9.17, 15) is 5.11 Å². The number of rotatable bonds is 4. The summed E-state index contributed by atoms with van der Waals surface area (Å²) in [6.45, 7) is 0. The third-order valence-electron chi connectivity index (χ3n) is 3.52. The summed E-state index contributed by atoms with van der Waals surface area (Å²) >= 11 is 0. The van der Waals surface area contributed by atoms with Crippen LogP contribution in [-0.4, -0.2) is 24.6 Å². The van der Waals surface area contributed by atoms with Crippen LogP contribution in [0, 0.1) is 0 Å². The highest BCUT2D eigenvalue weighted by molar-refractivity contribution is 6.02. The van der Waals surface area contributed by atoms with Crippen LogP contribution in [0.2, 0.25) is 0 Å². The minimum Gasteiger partial charge on any atom is -0.507 e. The molecule has 0 heterocycles. The standard InChI is InChI=1S/C19H16N2O2/c1-23-16-9-6-14(7-10-16)12-20-21-13-18-17-5-3-2-4-15(17)8-11-19(18)22/h2-13,22H,1H3/b20-12?,21-13+. The fraction of sp³-hybridized carbons (Fsp3) is 0.0526. The number of phenols is 1. The van der Waals surface area contributed by atoms with Gasteiger partial charge >= 0.3 is 0 Å². The van der Waals surface area contributed by atoms with Gasteiger partial charge in [0, 0.05) is 5.56 Å². The van der Waals surface area contributed by atoms with Crippen LogP contribution in [0.15, 0.2) is 70.9 Å². The number of benzene rings is 3. The lowest BCUT2D eigenvalue weighted by atomic mass is 10.0. The van der Waals surface area contributed by atoms with E-state index in [-0.39, 0.29) is 5.75 Å². The van der Waals surface area contributed by atoms with E-state index < -0.39 is 0 Å². The van der Waals surface area contributed by atoms with E-state index in [1.165, 1.54) is 0 Å². The topological polar surface area (TPSA) is 54.2 Å². The van der Waals surface area contributed by atoms with E-state index in [1.54, 1.807) is 25.6 Å². The molecule has 0 spiro atoms. The van der Waals surface area contributed by atoms with Gasteiger partial charge in [-0.1, -0.05) is 30.3 Å². The number of ether oxygens (including phenoxy) is 1. The predicted octanol–water partition coefficient (Wildman–Crippen LogP) is 4.01. The van der Waals surface area contributed by atoms with Gasteiger partial charge in [0.1, 0.15) is 11.5 Å². The van der Waals surface area contributed by atoms with Crippen molar-refractivity contribution in [1.29, 1.82) is 0 Å². The third kappa shape index (κ3) is 3.37.